The lowest BCUT2D eigenvalue weighted by Gasteiger charge is -2.34. The zero-order valence-electron chi connectivity index (χ0n) is 26.0. The second-order valence-corrected chi connectivity index (χ2v) is 11.7. The van der Waals surface area contributed by atoms with Crippen molar-refractivity contribution >= 4 is 29.6 Å². The molecule has 0 aliphatic heterocycles. The average molecular weight is 573 g/mol. The summed E-state index contributed by atoms with van der Waals surface area (Å²) in [7, 11) is 2.98. The van der Waals surface area contributed by atoms with Gasteiger partial charge in [-0.05, 0) is 67.2 Å². The van der Waals surface area contributed by atoms with E-state index in [0.717, 1.165) is 0 Å². The average Bonchev–Trinajstić information content (AvgIpc) is 2.87. The van der Waals surface area contributed by atoms with Gasteiger partial charge in [0.15, 0.2) is 0 Å². The van der Waals surface area contributed by atoms with Gasteiger partial charge in [-0.3, -0.25) is 24.0 Å². The van der Waals surface area contributed by atoms with Gasteiger partial charge in [-0.2, -0.15) is 0 Å². The minimum Gasteiger partial charge on any atom is -0.463 e. The summed E-state index contributed by atoms with van der Waals surface area (Å²) in [6.45, 7) is 13.5. The molecule has 0 fully saturated rings. The number of likely N-dealkylation sites (N-methyl/N-ethyl adjacent to an activating group) is 1. The van der Waals surface area contributed by atoms with E-state index in [9.17, 15) is 29.1 Å². The summed E-state index contributed by atoms with van der Waals surface area (Å²) in [5, 5.41) is 20.3. The van der Waals surface area contributed by atoms with Crippen molar-refractivity contribution in [2.75, 3.05) is 33.9 Å². The topological polar surface area (TPSA) is 172 Å². The van der Waals surface area contributed by atoms with Gasteiger partial charge in [0.1, 0.15) is 17.7 Å². The number of aliphatic hydroxyl groups excluding tert-OH is 1. The van der Waals surface area contributed by atoms with Crippen molar-refractivity contribution in [2.24, 2.45) is 17.3 Å². The third kappa shape index (κ3) is 11.8. The molecular formula is C28H52N4O8. The molecule has 0 aliphatic carbocycles. The number of hydrogen-bond acceptors (Lipinski definition) is 8. The molecule has 4 amide bonds. The monoisotopic (exact) mass is 572 g/mol. The molecule has 232 valence electrons. The van der Waals surface area contributed by atoms with Gasteiger partial charge in [-0.15, -0.1) is 0 Å². The van der Waals surface area contributed by atoms with Crippen molar-refractivity contribution in [3.05, 3.63) is 0 Å². The molecule has 0 aromatic heterocycles. The number of nitrogens with one attached hydrogen (secondary N) is 4. The number of carbonyl (C=O) groups is 5. The van der Waals surface area contributed by atoms with Crippen LogP contribution in [0.1, 0.15) is 81.1 Å². The lowest BCUT2D eigenvalue weighted by Crippen LogP contribution is -2.57. The van der Waals surface area contributed by atoms with E-state index < -0.39 is 58.1 Å². The van der Waals surface area contributed by atoms with E-state index >= 15 is 0 Å². The Hall–Kier alpha value is -2.73. The second-order valence-electron chi connectivity index (χ2n) is 11.7. The fourth-order valence-electron chi connectivity index (χ4n) is 4.11. The molecule has 0 bridgehead atoms. The number of ether oxygens (including phenoxy) is 2. The van der Waals surface area contributed by atoms with Crippen molar-refractivity contribution in [2.45, 2.75) is 98.3 Å². The Morgan fingerprint density at radius 1 is 0.875 bits per heavy atom. The van der Waals surface area contributed by atoms with Crippen LogP contribution in [0.15, 0.2) is 0 Å². The maximum Gasteiger partial charge on any atom is 0.311 e. The summed E-state index contributed by atoms with van der Waals surface area (Å²) in [6.07, 6.45) is -0.0289. The molecule has 0 heterocycles. The lowest BCUT2D eigenvalue weighted by molar-refractivity contribution is -0.159. The molecule has 0 aromatic rings. The minimum atomic E-state index is -1.24. The molecular weight excluding hydrogens is 520 g/mol. The van der Waals surface area contributed by atoms with Gasteiger partial charge in [-0.1, -0.05) is 13.8 Å². The zero-order chi connectivity index (χ0) is 31.3. The lowest BCUT2D eigenvalue weighted by atomic mass is 9.75. The van der Waals surface area contributed by atoms with Crippen molar-refractivity contribution < 1.29 is 38.6 Å². The minimum absolute atomic E-state index is 0.0441. The molecule has 0 aromatic carbocycles. The smallest absolute Gasteiger partial charge is 0.311 e. The van der Waals surface area contributed by atoms with Gasteiger partial charge in [0.25, 0.3) is 0 Å². The van der Waals surface area contributed by atoms with E-state index in [1.165, 1.54) is 21.1 Å². The van der Waals surface area contributed by atoms with E-state index in [-0.39, 0.29) is 31.9 Å². The molecule has 40 heavy (non-hydrogen) atoms. The van der Waals surface area contributed by atoms with Gasteiger partial charge in [-0.25, -0.2) is 0 Å². The highest BCUT2D eigenvalue weighted by molar-refractivity contribution is 5.93. The maximum absolute atomic E-state index is 13.6. The van der Waals surface area contributed by atoms with Crippen LogP contribution in [0, 0.1) is 17.3 Å². The van der Waals surface area contributed by atoms with Crippen molar-refractivity contribution in [3.63, 3.8) is 0 Å². The number of carbonyl (C=O) groups excluding carboxylic acids is 5. The molecule has 4 unspecified atom stereocenters. The van der Waals surface area contributed by atoms with Crippen LogP contribution in [0.3, 0.4) is 0 Å². The Bertz CT molecular complexity index is 874. The van der Waals surface area contributed by atoms with Crippen LogP contribution in [0.4, 0.5) is 0 Å². The first kappa shape index (κ1) is 37.3. The normalized spacial score (nSPS) is 15.6. The van der Waals surface area contributed by atoms with Crippen LogP contribution in [0.25, 0.3) is 0 Å². The predicted molar refractivity (Wildman–Crippen MR) is 151 cm³/mol. The van der Waals surface area contributed by atoms with E-state index in [2.05, 4.69) is 21.3 Å². The largest absolute Gasteiger partial charge is 0.463 e. The van der Waals surface area contributed by atoms with Crippen molar-refractivity contribution in [1.29, 1.82) is 0 Å². The Morgan fingerprint density at radius 3 is 1.85 bits per heavy atom. The highest BCUT2D eigenvalue weighted by Crippen LogP contribution is 2.35. The highest BCUT2D eigenvalue weighted by Gasteiger charge is 2.42. The summed E-state index contributed by atoms with van der Waals surface area (Å²) < 4.78 is 10.2. The Balaban J connectivity index is 6.06. The van der Waals surface area contributed by atoms with E-state index in [4.69, 9.17) is 9.47 Å². The third-order valence-electron chi connectivity index (χ3n) is 7.05. The van der Waals surface area contributed by atoms with Crippen LogP contribution in [-0.4, -0.2) is 85.8 Å². The van der Waals surface area contributed by atoms with Crippen LogP contribution in [0.2, 0.25) is 0 Å². The summed E-state index contributed by atoms with van der Waals surface area (Å²) in [4.78, 5) is 64.9. The number of methoxy groups -OCH3 is 1. The van der Waals surface area contributed by atoms with Crippen LogP contribution >= 0.6 is 0 Å². The molecule has 0 radical (unpaired) electrons. The molecule has 0 spiro atoms. The van der Waals surface area contributed by atoms with E-state index in [1.54, 1.807) is 48.5 Å². The number of aliphatic hydroxyl groups is 1. The van der Waals surface area contributed by atoms with Gasteiger partial charge >= 0.3 is 5.97 Å². The Labute approximate surface area is 239 Å². The van der Waals surface area contributed by atoms with Crippen molar-refractivity contribution in [1.82, 2.24) is 21.3 Å². The molecule has 5 N–H and O–H groups in total. The Morgan fingerprint density at radius 2 is 1.40 bits per heavy atom. The highest BCUT2D eigenvalue weighted by atomic mass is 16.5. The molecule has 12 nitrogen and oxygen atoms in total. The molecule has 0 aliphatic rings. The van der Waals surface area contributed by atoms with Gasteiger partial charge in [0.05, 0.1) is 18.1 Å². The first-order valence-corrected chi connectivity index (χ1v) is 13.9. The Kier molecular flexibility index (Phi) is 15.4. The molecule has 0 saturated heterocycles. The zero-order valence-corrected chi connectivity index (χ0v) is 26.0. The number of amides is 4. The van der Waals surface area contributed by atoms with Crippen LogP contribution in [-0.2, 0) is 33.4 Å². The van der Waals surface area contributed by atoms with E-state index in [1.807, 2.05) is 0 Å². The molecule has 12 heteroatoms. The van der Waals surface area contributed by atoms with E-state index in [0.29, 0.717) is 19.4 Å². The summed E-state index contributed by atoms with van der Waals surface area (Å²) in [5.74, 6) is -3.76. The first-order valence-electron chi connectivity index (χ1n) is 13.9. The quantitative estimate of drug-likeness (QED) is 0.120. The fourth-order valence-corrected chi connectivity index (χ4v) is 4.11. The van der Waals surface area contributed by atoms with Gasteiger partial charge in [0.2, 0.25) is 23.6 Å². The van der Waals surface area contributed by atoms with Crippen molar-refractivity contribution in [3.8, 4) is 0 Å². The van der Waals surface area contributed by atoms with Crippen LogP contribution in [0.5, 0.6) is 0 Å². The molecule has 4 atom stereocenters. The maximum atomic E-state index is 13.6. The number of hydrogen-bond donors (Lipinski definition) is 5. The third-order valence-corrected chi connectivity index (χ3v) is 7.05. The number of esters is 1. The fraction of sp³-hybridized carbons (Fsp3) is 0.821. The summed E-state index contributed by atoms with van der Waals surface area (Å²) >= 11 is 0. The van der Waals surface area contributed by atoms with Gasteiger partial charge < -0.3 is 35.8 Å². The summed E-state index contributed by atoms with van der Waals surface area (Å²) in [6, 6.07) is 0. The van der Waals surface area contributed by atoms with Gasteiger partial charge in [0, 0.05) is 32.5 Å². The van der Waals surface area contributed by atoms with Crippen LogP contribution < -0.4 is 21.3 Å². The number of rotatable bonds is 18. The standard InChI is InChI=1S/C28H52N4O8/c1-11-19(21(34)31-27(6,7)24(37)30-13-14-39-10)15-20(22(35)32-26(4,5)23(36)29-9)16-28(8,12-2)25(38)40-17-18(3)33/h18-20,33H,11-17H2,1-10H3,(H,29,36)(H,30,37)(H,31,34)(H,32,35). The first-order chi connectivity index (χ1) is 18.4. The second kappa shape index (κ2) is 16.5. The summed E-state index contributed by atoms with van der Waals surface area (Å²) in [5.41, 5.74) is -3.56. The SMILES string of the molecule is CCC(CC(CC(C)(CC)C(=O)OCC(C)O)C(=O)NC(C)(C)C(=O)NC)C(=O)NC(C)(C)C(=O)NCCOC. The molecule has 0 saturated carbocycles. The predicted octanol–water partition coefficient (Wildman–Crippen LogP) is 1.05. The molecule has 0 rings (SSSR count).